The Balaban J connectivity index is 2.44. The maximum atomic E-state index is 4.01. The Kier molecular flexibility index (Phi) is 2.30. The van der Waals surface area contributed by atoms with E-state index in [1.54, 1.807) is 6.08 Å². The van der Waals surface area contributed by atoms with Gasteiger partial charge in [-0.3, -0.25) is 5.01 Å². The van der Waals surface area contributed by atoms with E-state index >= 15 is 0 Å². The Morgan fingerprint density at radius 3 is 2.90 bits per heavy atom. The second-order valence-electron chi connectivity index (χ2n) is 2.75. The van der Waals surface area contributed by atoms with E-state index in [2.05, 4.69) is 24.8 Å². The zero-order valence-corrected chi connectivity index (χ0v) is 6.41. The molecule has 0 amide bonds. The number of hydrazone groups is 1. The van der Waals surface area contributed by atoms with Gasteiger partial charge in [0.1, 0.15) is 0 Å². The highest BCUT2D eigenvalue weighted by molar-refractivity contribution is 5.55. The third-order valence-electron chi connectivity index (χ3n) is 1.17. The lowest BCUT2D eigenvalue weighted by Gasteiger charge is -2.15. The minimum absolute atomic E-state index is 0.647. The minimum atomic E-state index is 0.647. The molecule has 2 heteroatoms. The van der Waals surface area contributed by atoms with Crippen molar-refractivity contribution in [2.75, 3.05) is 6.54 Å². The van der Waals surface area contributed by atoms with E-state index in [0.717, 1.165) is 6.54 Å². The molecule has 0 N–H and O–H groups in total. The van der Waals surface area contributed by atoms with Crippen molar-refractivity contribution in [1.29, 1.82) is 0 Å². The lowest BCUT2D eigenvalue weighted by molar-refractivity contribution is 0.347. The molecule has 0 saturated carbocycles. The highest BCUT2D eigenvalue weighted by Gasteiger charge is 1.99. The molecule has 0 radical (unpaired) electrons. The van der Waals surface area contributed by atoms with Crippen molar-refractivity contribution in [3.8, 4) is 0 Å². The normalized spacial score (nSPS) is 15.3. The van der Waals surface area contributed by atoms with Gasteiger partial charge in [-0.15, -0.1) is 5.10 Å². The first-order valence-corrected chi connectivity index (χ1v) is 3.52. The maximum absolute atomic E-state index is 4.01. The number of hydrogen-bond donors (Lipinski definition) is 0. The monoisotopic (exact) mass is 136 g/mol. The molecule has 0 bridgehead atoms. The third kappa shape index (κ3) is 2.08. The van der Waals surface area contributed by atoms with Crippen LogP contribution in [0.1, 0.15) is 13.8 Å². The van der Waals surface area contributed by atoms with Crippen molar-refractivity contribution in [2.24, 2.45) is 11.0 Å². The molecule has 0 aromatic carbocycles. The first-order chi connectivity index (χ1) is 4.79. The van der Waals surface area contributed by atoms with Gasteiger partial charge >= 0.3 is 0 Å². The largest absolute Gasteiger partial charge is 0.264 e. The molecule has 2 nitrogen and oxygen atoms in total. The lowest BCUT2D eigenvalue weighted by atomic mass is 10.2. The van der Waals surface area contributed by atoms with Gasteiger partial charge in [-0.25, -0.2) is 0 Å². The van der Waals surface area contributed by atoms with Crippen LogP contribution in [0.2, 0.25) is 0 Å². The molecule has 0 spiro atoms. The van der Waals surface area contributed by atoms with Gasteiger partial charge in [-0.1, -0.05) is 13.8 Å². The molecule has 0 fully saturated rings. The van der Waals surface area contributed by atoms with Crippen molar-refractivity contribution in [3.63, 3.8) is 0 Å². The van der Waals surface area contributed by atoms with Crippen molar-refractivity contribution in [3.05, 3.63) is 18.4 Å². The highest BCUT2D eigenvalue weighted by atomic mass is 15.4. The summed E-state index contributed by atoms with van der Waals surface area (Å²) in [4.78, 5) is 0. The van der Waals surface area contributed by atoms with Gasteiger partial charge in [-0.2, -0.15) is 0 Å². The summed E-state index contributed by atoms with van der Waals surface area (Å²) in [6.45, 7) is 5.31. The SMILES string of the molecule is CC(C)CN1C=CC=C=N1. The van der Waals surface area contributed by atoms with E-state index in [4.69, 9.17) is 0 Å². The zero-order valence-electron chi connectivity index (χ0n) is 6.41. The van der Waals surface area contributed by atoms with E-state index in [1.807, 2.05) is 17.3 Å². The molecule has 1 rings (SSSR count). The van der Waals surface area contributed by atoms with E-state index < -0.39 is 0 Å². The van der Waals surface area contributed by atoms with Crippen LogP contribution in [-0.2, 0) is 0 Å². The van der Waals surface area contributed by atoms with Crippen LogP contribution in [0.3, 0.4) is 0 Å². The number of allylic oxidation sites excluding steroid dienone is 2. The molecule has 1 aliphatic rings. The van der Waals surface area contributed by atoms with Crippen LogP contribution >= 0.6 is 0 Å². The van der Waals surface area contributed by atoms with Crippen LogP contribution in [0.4, 0.5) is 0 Å². The summed E-state index contributed by atoms with van der Waals surface area (Å²) in [6, 6.07) is 0. The first kappa shape index (κ1) is 7.10. The molecule has 0 saturated heterocycles. The van der Waals surface area contributed by atoms with E-state index in [-0.39, 0.29) is 0 Å². The van der Waals surface area contributed by atoms with Crippen LogP contribution in [0.25, 0.3) is 0 Å². The van der Waals surface area contributed by atoms with Crippen LogP contribution in [0.5, 0.6) is 0 Å². The molecule has 0 atom stereocenters. The fraction of sp³-hybridized carbons (Fsp3) is 0.500. The van der Waals surface area contributed by atoms with Crippen molar-refractivity contribution >= 4 is 5.87 Å². The maximum Gasteiger partial charge on any atom is 0.0439 e. The predicted molar refractivity (Wildman–Crippen MR) is 42.7 cm³/mol. The highest BCUT2D eigenvalue weighted by Crippen LogP contribution is 2.00. The Morgan fingerprint density at radius 2 is 2.40 bits per heavy atom. The van der Waals surface area contributed by atoms with Crippen LogP contribution in [0, 0.1) is 5.92 Å². The molecule has 0 unspecified atom stereocenters. The van der Waals surface area contributed by atoms with E-state index in [9.17, 15) is 0 Å². The molecule has 0 aromatic heterocycles. The number of hydrogen-bond acceptors (Lipinski definition) is 2. The van der Waals surface area contributed by atoms with Gasteiger partial charge in [-0.05, 0) is 12.0 Å². The van der Waals surface area contributed by atoms with Gasteiger partial charge < -0.3 is 0 Å². The Hall–Kier alpha value is -1.01. The average molecular weight is 136 g/mol. The van der Waals surface area contributed by atoms with Gasteiger partial charge in [0.05, 0.1) is 0 Å². The summed E-state index contributed by atoms with van der Waals surface area (Å²) in [7, 11) is 0. The summed E-state index contributed by atoms with van der Waals surface area (Å²) in [6.07, 6.45) is 5.70. The average Bonchev–Trinajstić information content (AvgIpc) is 1.88. The molecule has 1 aliphatic heterocycles. The molecule has 0 aliphatic carbocycles. The molecule has 54 valence electrons. The fourth-order valence-electron chi connectivity index (χ4n) is 0.802. The molecular weight excluding hydrogens is 124 g/mol. The van der Waals surface area contributed by atoms with Gasteiger partial charge in [0.15, 0.2) is 0 Å². The van der Waals surface area contributed by atoms with Crippen molar-refractivity contribution in [1.82, 2.24) is 5.01 Å². The second kappa shape index (κ2) is 3.23. The Labute approximate surface area is 61.5 Å². The molecule has 0 aromatic rings. The fourth-order valence-corrected chi connectivity index (χ4v) is 0.802. The third-order valence-corrected chi connectivity index (χ3v) is 1.17. The second-order valence-corrected chi connectivity index (χ2v) is 2.75. The summed E-state index contributed by atoms with van der Waals surface area (Å²) in [5.74, 6) is 3.43. The summed E-state index contributed by atoms with van der Waals surface area (Å²) in [5.41, 5.74) is 0. The van der Waals surface area contributed by atoms with E-state index in [1.165, 1.54) is 0 Å². The van der Waals surface area contributed by atoms with Crippen LogP contribution < -0.4 is 0 Å². The smallest absolute Gasteiger partial charge is 0.0439 e. The van der Waals surface area contributed by atoms with E-state index in [0.29, 0.717) is 5.92 Å². The minimum Gasteiger partial charge on any atom is -0.264 e. The first-order valence-electron chi connectivity index (χ1n) is 3.52. The molecule has 10 heavy (non-hydrogen) atoms. The summed E-state index contributed by atoms with van der Waals surface area (Å²) < 4.78 is 0. The zero-order chi connectivity index (χ0) is 7.40. The van der Waals surface area contributed by atoms with Crippen LogP contribution in [-0.4, -0.2) is 17.4 Å². The number of rotatable bonds is 2. The lowest BCUT2D eigenvalue weighted by Crippen LogP contribution is -2.16. The van der Waals surface area contributed by atoms with Gasteiger partial charge in [0.2, 0.25) is 0 Å². The quantitative estimate of drug-likeness (QED) is 0.563. The summed E-state index contributed by atoms with van der Waals surface area (Å²) in [5, 5.41) is 5.90. The Bertz CT molecular complexity index is 185. The van der Waals surface area contributed by atoms with Crippen LogP contribution in [0.15, 0.2) is 23.5 Å². The molecular formula is C8H12N2. The summed E-state index contributed by atoms with van der Waals surface area (Å²) >= 11 is 0. The topological polar surface area (TPSA) is 15.6 Å². The van der Waals surface area contributed by atoms with Gasteiger partial charge in [0, 0.05) is 24.7 Å². The van der Waals surface area contributed by atoms with Gasteiger partial charge in [0.25, 0.3) is 0 Å². The standard InChI is InChI=1S/C8H12N2/c1-8(2)7-10-6-4-3-5-9-10/h3-4,6,8H,7H2,1-2H3. The van der Waals surface area contributed by atoms with Crippen molar-refractivity contribution < 1.29 is 0 Å². The predicted octanol–water partition coefficient (Wildman–Crippen LogP) is 1.61. The Morgan fingerprint density at radius 1 is 1.60 bits per heavy atom. The number of nitrogens with zero attached hydrogens (tertiary/aromatic N) is 2. The van der Waals surface area contributed by atoms with Crippen molar-refractivity contribution in [2.45, 2.75) is 13.8 Å². The molecule has 1 heterocycles.